The van der Waals surface area contributed by atoms with Crippen LogP contribution in [0.4, 0.5) is 5.69 Å². The molecule has 0 N–H and O–H groups in total. The first-order valence-corrected chi connectivity index (χ1v) is 12.1. The fourth-order valence-electron chi connectivity index (χ4n) is 5.41. The maximum Gasteiger partial charge on any atom is 0.330 e. The van der Waals surface area contributed by atoms with Gasteiger partial charge in [0.2, 0.25) is 8.87 Å². The molecule has 3 atom stereocenters. The van der Waals surface area contributed by atoms with Crippen molar-refractivity contribution in [1.82, 2.24) is 0 Å². The normalized spacial score (nSPS) is 33.4. The first kappa shape index (κ1) is 19.4. The van der Waals surface area contributed by atoms with Crippen molar-refractivity contribution in [3.63, 3.8) is 0 Å². The van der Waals surface area contributed by atoms with Crippen molar-refractivity contribution >= 4 is 31.3 Å². The molecule has 150 valence electrons. The number of hydrogen-bond acceptors (Lipinski definition) is 7. The van der Waals surface area contributed by atoms with E-state index in [-0.39, 0.29) is 21.8 Å². The molecule has 0 aromatic heterocycles. The van der Waals surface area contributed by atoms with E-state index in [9.17, 15) is 23.3 Å². The summed E-state index contributed by atoms with van der Waals surface area (Å²) in [5, 5.41) is 10.6. The van der Waals surface area contributed by atoms with E-state index in [0.717, 1.165) is 42.2 Å². The van der Waals surface area contributed by atoms with Crippen LogP contribution in [0.25, 0.3) is 0 Å². The molecule has 1 aromatic rings. The molecule has 4 aliphatic carbocycles. The molecule has 4 saturated carbocycles. The van der Waals surface area contributed by atoms with Gasteiger partial charge in [-0.3, -0.25) is 10.1 Å². The number of carbonyl (C=O) groups excluding carboxylic acids is 1. The Morgan fingerprint density at radius 1 is 1.29 bits per heavy atom. The number of esters is 1. The molecule has 5 rings (SSSR count). The summed E-state index contributed by atoms with van der Waals surface area (Å²) in [6, 6.07) is 5.09. The van der Waals surface area contributed by atoms with Crippen LogP contribution in [0.1, 0.15) is 32.1 Å². The summed E-state index contributed by atoms with van der Waals surface area (Å²) in [5.41, 5.74) is -1.07. The van der Waals surface area contributed by atoms with E-state index in [1.54, 1.807) is 0 Å². The van der Waals surface area contributed by atoms with Gasteiger partial charge in [0, 0.05) is 18.2 Å². The van der Waals surface area contributed by atoms with E-state index in [2.05, 4.69) is 6.58 Å². The largest absolute Gasteiger partial charge is 0.455 e. The second kappa shape index (κ2) is 6.88. The third-order valence-corrected chi connectivity index (χ3v) is 10.2. The van der Waals surface area contributed by atoms with E-state index in [0.29, 0.717) is 24.7 Å². The Bertz CT molecular complexity index is 929. The van der Waals surface area contributed by atoms with E-state index < -0.39 is 25.4 Å². The van der Waals surface area contributed by atoms with Gasteiger partial charge in [0.25, 0.3) is 5.69 Å². The summed E-state index contributed by atoms with van der Waals surface area (Å²) in [6.45, 7) is 3.47. The van der Waals surface area contributed by atoms with Crippen LogP contribution in [0, 0.1) is 27.9 Å². The maximum absolute atomic E-state index is 13.1. The van der Waals surface area contributed by atoms with Gasteiger partial charge in [0.05, 0.1) is 15.1 Å². The van der Waals surface area contributed by atoms with Gasteiger partial charge in [0.1, 0.15) is 5.60 Å². The van der Waals surface area contributed by atoms with Crippen LogP contribution in [0.2, 0.25) is 0 Å². The molecule has 0 spiro atoms. The van der Waals surface area contributed by atoms with Gasteiger partial charge in [0.15, 0.2) is 0 Å². The number of nitro groups is 1. The molecular weight excluding hydrogens is 402 g/mol. The summed E-state index contributed by atoms with van der Waals surface area (Å²) in [7, 11) is -3.05. The molecule has 7 nitrogen and oxygen atoms in total. The van der Waals surface area contributed by atoms with Crippen LogP contribution in [0.3, 0.4) is 0 Å². The molecule has 3 unspecified atom stereocenters. The van der Waals surface area contributed by atoms with Crippen molar-refractivity contribution in [3.05, 3.63) is 47.0 Å². The van der Waals surface area contributed by atoms with Gasteiger partial charge in [-0.05, 0) is 66.7 Å². The highest BCUT2D eigenvalue weighted by Crippen LogP contribution is 2.61. The minimum Gasteiger partial charge on any atom is -0.455 e. The molecule has 9 heteroatoms. The predicted molar refractivity (Wildman–Crippen MR) is 104 cm³/mol. The monoisotopic (exact) mass is 423 g/mol. The average Bonchev–Trinajstić information content (AvgIpc) is 2.64. The number of nitrogens with zero attached hydrogens (tertiary/aromatic N) is 1. The van der Waals surface area contributed by atoms with E-state index >= 15 is 0 Å². The van der Waals surface area contributed by atoms with E-state index in [1.807, 2.05) is 0 Å². The van der Waals surface area contributed by atoms with Gasteiger partial charge in [-0.25, -0.2) is 13.2 Å². The Balaban J connectivity index is 1.67. The van der Waals surface area contributed by atoms with Gasteiger partial charge < -0.3 is 4.74 Å². The standard InChI is InChI=1S/C19H21NO6S2/c1-2-17(21)26-19-10-12-6-13(11-19)8-14(7-12)18(19)27-28(24,25)16-5-3-4-15(9-16)20(22)23/h2-5,9,12-14,18H,1,6-8,10-11H2. The Morgan fingerprint density at radius 3 is 2.57 bits per heavy atom. The van der Waals surface area contributed by atoms with Crippen LogP contribution in [0.15, 0.2) is 41.8 Å². The first-order chi connectivity index (χ1) is 13.2. The quantitative estimate of drug-likeness (QED) is 0.226. The van der Waals surface area contributed by atoms with Crippen LogP contribution in [-0.4, -0.2) is 30.2 Å². The lowest BCUT2D eigenvalue weighted by atomic mass is 9.54. The highest BCUT2D eigenvalue weighted by molar-refractivity contribution is 8.72. The third-order valence-electron chi connectivity index (χ3n) is 6.17. The fourth-order valence-corrected chi connectivity index (χ4v) is 9.56. The van der Waals surface area contributed by atoms with E-state index in [1.165, 1.54) is 18.2 Å². The minimum atomic E-state index is -3.85. The van der Waals surface area contributed by atoms with Crippen molar-refractivity contribution in [3.8, 4) is 0 Å². The Hall–Kier alpha value is -1.87. The number of carbonyl (C=O) groups is 1. The molecule has 4 bridgehead atoms. The summed E-state index contributed by atoms with van der Waals surface area (Å²) in [4.78, 5) is 22.3. The van der Waals surface area contributed by atoms with Crippen LogP contribution in [0.5, 0.6) is 0 Å². The second-order valence-corrected chi connectivity index (χ2v) is 12.0. The van der Waals surface area contributed by atoms with Gasteiger partial charge in [-0.1, -0.05) is 12.6 Å². The smallest absolute Gasteiger partial charge is 0.330 e. The van der Waals surface area contributed by atoms with Crippen molar-refractivity contribution < 1.29 is 22.9 Å². The van der Waals surface area contributed by atoms with Gasteiger partial charge in [-0.15, -0.1) is 0 Å². The van der Waals surface area contributed by atoms with Crippen LogP contribution < -0.4 is 0 Å². The lowest BCUT2D eigenvalue weighted by Gasteiger charge is -2.59. The lowest BCUT2D eigenvalue weighted by molar-refractivity contribution is -0.385. The average molecular weight is 424 g/mol. The minimum absolute atomic E-state index is 0.0919. The molecular formula is C19H21NO6S2. The molecule has 28 heavy (non-hydrogen) atoms. The highest BCUT2D eigenvalue weighted by atomic mass is 33.1. The molecule has 1 aromatic carbocycles. The van der Waals surface area contributed by atoms with Crippen LogP contribution >= 0.6 is 10.8 Å². The van der Waals surface area contributed by atoms with E-state index in [4.69, 9.17) is 4.74 Å². The second-order valence-electron chi connectivity index (χ2n) is 8.02. The number of rotatable bonds is 6. The Morgan fingerprint density at radius 2 is 1.96 bits per heavy atom. The highest BCUT2D eigenvalue weighted by Gasteiger charge is 2.60. The molecule has 4 fully saturated rings. The third kappa shape index (κ3) is 3.34. The SMILES string of the molecule is C=CC(=O)OC12CC3CC(CC(C3)C1SS(=O)(=O)c1cccc([N+](=O)[O-])c1)C2. The lowest BCUT2D eigenvalue weighted by Crippen LogP contribution is -2.61. The molecule has 0 saturated heterocycles. The van der Waals surface area contributed by atoms with Crippen molar-refractivity contribution in [2.75, 3.05) is 0 Å². The fraction of sp³-hybridized carbons (Fsp3) is 0.526. The summed E-state index contributed by atoms with van der Waals surface area (Å²) in [6.07, 6.45) is 5.44. The summed E-state index contributed by atoms with van der Waals surface area (Å²) in [5.74, 6) is 0.530. The van der Waals surface area contributed by atoms with Crippen molar-refractivity contribution in [2.24, 2.45) is 17.8 Å². The number of non-ortho nitro benzene ring substituents is 1. The van der Waals surface area contributed by atoms with Crippen molar-refractivity contribution in [1.29, 1.82) is 0 Å². The molecule has 4 aliphatic rings. The first-order valence-electron chi connectivity index (χ1n) is 9.25. The van der Waals surface area contributed by atoms with Crippen molar-refractivity contribution in [2.45, 2.75) is 47.9 Å². The Labute approximate surface area is 167 Å². The number of ether oxygens (including phenoxy) is 1. The van der Waals surface area contributed by atoms with Gasteiger partial charge in [-0.2, -0.15) is 0 Å². The topological polar surface area (TPSA) is 104 Å². The number of benzene rings is 1. The van der Waals surface area contributed by atoms with Gasteiger partial charge >= 0.3 is 5.97 Å². The molecule has 0 amide bonds. The predicted octanol–water partition coefficient (Wildman–Crippen LogP) is 3.69. The zero-order valence-electron chi connectivity index (χ0n) is 15.2. The summed E-state index contributed by atoms with van der Waals surface area (Å²) >= 11 is 0. The Kier molecular flexibility index (Phi) is 4.78. The maximum atomic E-state index is 13.1. The molecule has 0 aliphatic heterocycles. The molecule has 0 heterocycles. The zero-order chi connectivity index (χ0) is 20.1. The van der Waals surface area contributed by atoms with Crippen LogP contribution in [-0.2, 0) is 18.4 Å². The zero-order valence-corrected chi connectivity index (χ0v) is 16.8. The molecule has 0 radical (unpaired) electrons. The number of hydrogen-bond donors (Lipinski definition) is 0. The number of nitro benzene ring substituents is 1. The summed E-state index contributed by atoms with van der Waals surface area (Å²) < 4.78 is 32.0.